The van der Waals surface area contributed by atoms with Crippen LogP contribution in [-0.4, -0.2) is 78.3 Å². The number of nitrogens with zero attached hydrogens (tertiary/aromatic N) is 3. The molecule has 2 fully saturated rings. The van der Waals surface area contributed by atoms with Crippen LogP contribution >= 0.6 is 0 Å². The summed E-state index contributed by atoms with van der Waals surface area (Å²) in [7, 11) is 4.88. The molecule has 0 aromatic carbocycles. The van der Waals surface area contributed by atoms with E-state index in [0.717, 1.165) is 24.3 Å². The molecule has 0 bridgehead atoms. The molecule has 24 heavy (non-hydrogen) atoms. The number of amides is 5. The first kappa shape index (κ1) is 18.2. The summed E-state index contributed by atoms with van der Waals surface area (Å²) < 4.78 is 0. The molecule has 2 N–H and O–H groups in total. The Hall–Kier alpha value is -2.16. The van der Waals surface area contributed by atoms with E-state index in [0.29, 0.717) is 12.8 Å². The van der Waals surface area contributed by atoms with Gasteiger partial charge in [-0.1, -0.05) is 19.3 Å². The fraction of sp³-hybridized carbons (Fsp3) is 0.733. The van der Waals surface area contributed by atoms with Crippen LogP contribution in [0.1, 0.15) is 32.1 Å². The number of likely N-dealkylation sites (N-methyl/N-ethyl adjacent to an activating group) is 2. The predicted octanol–water partition coefficient (Wildman–Crippen LogP) is -0.708. The maximum Gasteiger partial charge on any atom is 0.344 e. The molecular formula is C15H25N5O4. The van der Waals surface area contributed by atoms with Crippen molar-refractivity contribution in [1.29, 1.82) is 0 Å². The van der Waals surface area contributed by atoms with Crippen molar-refractivity contribution in [2.45, 2.75) is 37.6 Å². The Morgan fingerprint density at radius 3 is 2.33 bits per heavy atom. The number of carbonyl (C=O) groups excluding carboxylic acids is 4. The second-order valence-corrected chi connectivity index (χ2v) is 6.71. The monoisotopic (exact) mass is 339 g/mol. The highest BCUT2D eigenvalue weighted by atomic mass is 16.2. The van der Waals surface area contributed by atoms with Crippen molar-refractivity contribution in [3.8, 4) is 0 Å². The molecule has 1 aliphatic carbocycles. The second kappa shape index (κ2) is 7.16. The quantitative estimate of drug-likeness (QED) is 0.645. The molecule has 1 aliphatic heterocycles. The molecule has 0 unspecified atom stereocenters. The van der Waals surface area contributed by atoms with Crippen molar-refractivity contribution < 1.29 is 19.2 Å². The van der Waals surface area contributed by atoms with Crippen LogP contribution in [0.5, 0.6) is 0 Å². The molecule has 9 heteroatoms. The van der Waals surface area contributed by atoms with E-state index >= 15 is 0 Å². The van der Waals surface area contributed by atoms with Gasteiger partial charge in [0.2, 0.25) is 5.91 Å². The summed E-state index contributed by atoms with van der Waals surface area (Å²) in [5.41, 5.74) is 1.48. The average Bonchev–Trinajstić information content (AvgIpc) is 2.72. The molecule has 1 heterocycles. The SMILES string of the molecule is CN(CC(=O)NN1C(=O)NC2(CCCCC2)C1=O)CC(=O)N(C)C. The largest absolute Gasteiger partial charge is 0.348 e. The van der Waals surface area contributed by atoms with E-state index in [2.05, 4.69) is 10.7 Å². The number of rotatable bonds is 5. The van der Waals surface area contributed by atoms with Crippen LogP contribution in [0.3, 0.4) is 0 Å². The molecule has 1 saturated heterocycles. The third-order valence-corrected chi connectivity index (χ3v) is 4.42. The lowest BCUT2D eigenvalue weighted by molar-refractivity contribution is -0.140. The standard InChI is InChI=1S/C15H25N5O4/c1-18(2)12(22)10-19(3)9-11(21)17-20-13(23)15(16-14(20)24)7-5-4-6-8-15/h4-10H2,1-3H3,(H,16,24)(H,17,21). The summed E-state index contributed by atoms with van der Waals surface area (Å²) >= 11 is 0. The zero-order valence-electron chi connectivity index (χ0n) is 14.4. The van der Waals surface area contributed by atoms with E-state index < -0.39 is 23.4 Å². The van der Waals surface area contributed by atoms with E-state index in [4.69, 9.17) is 0 Å². The van der Waals surface area contributed by atoms with Gasteiger partial charge in [-0.3, -0.25) is 24.7 Å². The molecule has 0 aromatic heterocycles. The lowest BCUT2D eigenvalue weighted by Gasteiger charge is -2.30. The van der Waals surface area contributed by atoms with Gasteiger partial charge in [0.1, 0.15) is 5.54 Å². The molecular weight excluding hydrogens is 314 g/mol. The summed E-state index contributed by atoms with van der Waals surface area (Å²) in [4.78, 5) is 51.2. The lowest BCUT2D eigenvalue weighted by atomic mass is 9.82. The van der Waals surface area contributed by atoms with Gasteiger partial charge in [-0.05, 0) is 19.9 Å². The topological polar surface area (TPSA) is 102 Å². The van der Waals surface area contributed by atoms with Gasteiger partial charge in [-0.15, -0.1) is 0 Å². The molecule has 9 nitrogen and oxygen atoms in total. The van der Waals surface area contributed by atoms with Gasteiger partial charge in [0.25, 0.3) is 11.8 Å². The van der Waals surface area contributed by atoms with Gasteiger partial charge in [0.05, 0.1) is 13.1 Å². The molecule has 0 radical (unpaired) electrons. The van der Waals surface area contributed by atoms with Crippen LogP contribution in [0.25, 0.3) is 0 Å². The highest BCUT2D eigenvalue weighted by Crippen LogP contribution is 2.32. The van der Waals surface area contributed by atoms with Crippen LogP contribution in [0.2, 0.25) is 0 Å². The molecule has 1 saturated carbocycles. The highest BCUT2D eigenvalue weighted by molar-refractivity contribution is 6.08. The molecule has 2 rings (SSSR count). The van der Waals surface area contributed by atoms with Crippen LogP contribution in [0, 0.1) is 0 Å². The first-order valence-electron chi connectivity index (χ1n) is 8.10. The summed E-state index contributed by atoms with van der Waals surface area (Å²) in [6, 6.07) is -0.595. The summed E-state index contributed by atoms with van der Waals surface area (Å²) in [6.07, 6.45) is 4.00. The fourth-order valence-corrected chi connectivity index (χ4v) is 3.05. The number of nitrogens with one attached hydrogen (secondary N) is 2. The Bertz CT molecular complexity index is 542. The minimum Gasteiger partial charge on any atom is -0.348 e. The minimum atomic E-state index is -0.866. The van der Waals surface area contributed by atoms with Gasteiger partial charge in [0.15, 0.2) is 0 Å². The van der Waals surface area contributed by atoms with E-state index in [1.54, 1.807) is 21.1 Å². The number of hydrogen-bond donors (Lipinski definition) is 2. The molecule has 1 spiro atoms. The highest BCUT2D eigenvalue weighted by Gasteiger charge is 2.52. The van der Waals surface area contributed by atoms with Crippen molar-refractivity contribution in [2.24, 2.45) is 0 Å². The molecule has 0 aromatic rings. The van der Waals surface area contributed by atoms with Gasteiger partial charge in [-0.2, -0.15) is 5.01 Å². The summed E-state index contributed by atoms with van der Waals surface area (Å²) in [5.74, 6) is -1.05. The van der Waals surface area contributed by atoms with Crippen LogP contribution in [0.4, 0.5) is 4.79 Å². The van der Waals surface area contributed by atoms with E-state index in [9.17, 15) is 19.2 Å². The Morgan fingerprint density at radius 1 is 1.12 bits per heavy atom. The van der Waals surface area contributed by atoms with Crippen LogP contribution in [-0.2, 0) is 14.4 Å². The smallest absolute Gasteiger partial charge is 0.344 e. The van der Waals surface area contributed by atoms with Crippen LogP contribution < -0.4 is 10.7 Å². The average molecular weight is 339 g/mol. The molecule has 2 aliphatic rings. The molecule has 134 valence electrons. The zero-order valence-corrected chi connectivity index (χ0v) is 14.4. The normalized spacial score (nSPS) is 19.6. The van der Waals surface area contributed by atoms with Gasteiger partial charge in [-0.25, -0.2) is 4.79 Å². The van der Waals surface area contributed by atoms with Gasteiger partial charge < -0.3 is 10.2 Å². The maximum absolute atomic E-state index is 12.5. The maximum atomic E-state index is 12.5. The summed E-state index contributed by atoms with van der Waals surface area (Å²) in [5, 5.41) is 3.50. The van der Waals surface area contributed by atoms with Crippen molar-refractivity contribution in [2.75, 3.05) is 34.2 Å². The number of carbonyl (C=O) groups is 4. The first-order valence-corrected chi connectivity index (χ1v) is 8.10. The fourth-order valence-electron chi connectivity index (χ4n) is 3.05. The van der Waals surface area contributed by atoms with Crippen molar-refractivity contribution in [3.05, 3.63) is 0 Å². The summed E-state index contributed by atoms with van der Waals surface area (Å²) in [6.45, 7) is -0.0197. The Labute approximate surface area is 141 Å². The van der Waals surface area contributed by atoms with E-state index in [-0.39, 0.29) is 19.0 Å². The van der Waals surface area contributed by atoms with Crippen molar-refractivity contribution in [1.82, 2.24) is 25.6 Å². The Kier molecular flexibility index (Phi) is 5.43. The van der Waals surface area contributed by atoms with Crippen molar-refractivity contribution >= 4 is 23.8 Å². The molecule has 5 amide bonds. The number of hydrogen-bond acceptors (Lipinski definition) is 5. The second-order valence-electron chi connectivity index (χ2n) is 6.71. The lowest BCUT2D eigenvalue weighted by Crippen LogP contribution is -2.52. The van der Waals surface area contributed by atoms with Gasteiger partial charge in [0, 0.05) is 14.1 Å². The van der Waals surface area contributed by atoms with Crippen LogP contribution in [0.15, 0.2) is 0 Å². The van der Waals surface area contributed by atoms with E-state index in [1.807, 2.05) is 0 Å². The number of imide groups is 1. The zero-order chi connectivity index (χ0) is 17.9. The third-order valence-electron chi connectivity index (χ3n) is 4.42. The first-order chi connectivity index (χ1) is 11.2. The van der Waals surface area contributed by atoms with Crippen molar-refractivity contribution in [3.63, 3.8) is 0 Å². The number of urea groups is 1. The van der Waals surface area contributed by atoms with E-state index in [1.165, 1.54) is 9.80 Å². The third kappa shape index (κ3) is 3.84. The molecule has 0 atom stereocenters. The van der Waals surface area contributed by atoms with Gasteiger partial charge >= 0.3 is 6.03 Å². The number of hydrazine groups is 1. The Balaban J connectivity index is 1.90. The Morgan fingerprint density at radius 2 is 1.75 bits per heavy atom. The predicted molar refractivity (Wildman–Crippen MR) is 85.5 cm³/mol. The minimum absolute atomic E-state index is 0.0739.